The van der Waals surface area contributed by atoms with Gasteiger partial charge >= 0.3 is 5.97 Å². The molecule has 0 bridgehead atoms. The van der Waals surface area contributed by atoms with Crippen LogP contribution in [0, 0.1) is 0 Å². The molecule has 0 aliphatic carbocycles. The van der Waals surface area contributed by atoms with E-state index >= 15 is 0 Å². The second-order valence-electron chi connectivity index (χ2n) is 4.09. The number of hydrogen-bond acceptors (Lipinski definition) is 3. The van der Waals surface area contributed by atoms with Crippen molar-refractivity contribution in [2.45, 2.75) is 51.5 Å². The molecule has 0 aromatic rings. The number of carboxylic acid groups (broad SMARTS) is 1. The Hall–Kier alpha value is -1.10. The summed E-state index contributed by atoms with van der Waals surface area (Å²) < 4.78 is 0. The first-order valence-electron chi connectivity index (χ1n) is 5.76. The highest BCUT2D eigenvalue weighted by atomic mass is 16.4. The number of carbonyl (C=O) groups excluding carboxylic acids is 1. The Balaban J connectivity index is 3.20. The molecule has 0 aromatic heterocycles. The molecular formula is C11H22N2O3. The molecule has 16 heavy (non-hydrogen) atoms. The van der Waals surface area contributed by atoms with Gasteiger partial charge in [0.1, 0.15) is 0 Å². The fourth-order valence-electron chi connectivity index (χ4n) is 1.35. The summed E-state index contributed by atoms with van der Waals surface area (Å²) in [6.45, 7) is 2.45. The van der Waals surface area contributed by atoms with Gasteiger partial charge < -0.3 is 16.2 Å². The Morgan fingerprint density at radius 2 is 1.88 bits per heavy atom. The van der Waals surface area contributed by atoms with Crippen LogP contribution in [0.1, 0.15) is 45.4 Å². The molecule has 0 aromatic carbocycles. The number of amides is 1. The third kappa shape index (κ3) is 11.0. The lowest BCUT2D eigenvalue weighted by molar-refractivity contribution is -0.137. The van der Waals surface area contributed by atoms with Crippen molar-refractivity contribution in [2.24, 2.45) is 5.73 Å². The highest BCUT2D eigenvalue weighted by Crippen LogP contribution is 2.02. The van der Waals surface area contributed by atoms with Crippen LogP contribution in [0.3, 0.4) is 0 Å². The number of nitrogens with one attached hydrogen (secondary N) is 1. The topological polar surface area (TPSA) is 92.4 Å². The van der Waals surface area contributed by atoms with Crippen LogP contribution < -0.4 is 11.1 Å². The van der Waals surface area contributed by atoms with Crippen molar-refractivity contribution in [3.8, 4) is 0 Å². The van der Waals surface area contributed by atoms with Gasteiger partial charge in [0, 0.05) is 25.4 Å². The molecule has 0 radical (unpaired) electrons. The minimum atomic E-state index is -0.745. The SMILES string of the molecule is CC(N)CC(=O)NCCCCCCC(=O)O. The molecule has 1 atom stereocenters. The van der Waals surface area contributed by atoms with Gasteiger partial charge in [0.25, 0.3) is 0 Å². The van der Waals surface area contributed by atoms with Gasteiger partial charge in [0.2, 0.25) is 5.91 Å². The summed E-state index contributed by atoms with van der Waals surface area (Å²) in [5.41, 5.74) is 5.48. The van der Waals surface area contributed by atoms with Crippen molar-refractivity contribution >= 4 is 11.9 Å². The van der Waals surface area contributed by atoms with Crippen LogP contribution in [-0.4, -0.2) is 29.6 Å². The number of aliphatic carboxylic acids is 1. The highest BCUT2D eigenvalue weighted by molar-refractivity contribution is 5.76. The van der Waals surface area contributed by atoms with E-state index in [9.17, 15) is 9.59 Å². The summed E-state index contributed by atoms with van der Waals surface area (Å²) in [4.78, 5) is 21.4. The molecule has 1 unspecified atom stereocenters. The fourth-order valence-corrected chi connectivity index (χ4v) is 1.35. The molecule has 0 spiro atoms. The summed E-state index contributed by atoms with van der Waals surface area (Å²) >= 11 is 0. The minimum absolute atomic E-state index is 0.0134. The first-order valence-corrected chi connectivity index (χ1v) is 5.76. The van der Waals surface area contributed by atoms with Gasteiger partial charge in [-0.05, 0) is 19.8 Å². The Morgan fingerprint density at radius 1 is 1.25 bits per heavy atom. The Kier molecular flexibility index (Phi) is 8.52. The Bertz CT molecular complexity index is 217. The molecule has 5 nitrogen and oxygen atoms in total. The van der Waals surface area contributed by atoms with Gasteiger partial charge in [-0.25, -0.2) is 0 Å². The first kappa shape index (κ1) is 14.9. The molecule has 4 N–H and O–H groups in total. The predicted octanol–water partition coefficient (Wildman–Crippen LogP) is 0.875. The predicted molar refractivity (Wildman–Crippen MR) is 62.0 cm³/mol. The molecule has 0 heterocycles. The van der Waals surface area contributed by atoms with Crippen LogP contribution in [0.5, 0.6) is 0 Å². The van der Waals surface area contributed by atoms with E-state index in [-0.39, 0.29) is 18.4 Å². The van der Waals surface area contributed by atoms with Crippen LogP contribution in [0.2, 0.25) is 0 Å². The fraction of sp³-hybridized carbons (Fsp3) is 0.818. The van der Waals surface area contributed by atoms with Gasteiger partial charge in [0.15, 0.2) is 0 Å². The average Bonchev–Trinajstić information content (AvgIpc) is 2.14. The Morgan fingerprint density at radius 3 is 2.44 bits per heavy atom. The maximum Gasteiger partial charge on any atom is 0.303 e. The van der Waals surface area contributed by atoms with Crippen LogP contribution in [-0.2, 0) is 9.59 Å². The van der Waals surface area contributed by atoms with Gasteiger partial charge in [-0.2, -0.15) is 0 Å². The zero-order chi connectivity index (χ0) is 12.4. The lowest BCUT2D eigenvalue weighted by Gasteiger charge is -2.06. The summed E-state index contributed by atoms with van der Waals surface area (Å²) in [5.74, 6) is -0.759. The lowest BCUT2D eigenvalue weighted by Crippen LogP contribution is -2.30. The van der Waals surface area contributed by atoms with Gasteiger partial charge in [0.05, 0.1) is 0 Å². The van der Waals surface area contributed by atoms with E-state index in [0.29, 0.717) is 19.4 Å². The Labute approximate surface area is 96.4 Å². The molecule has 5 heteroatoms. The number of carbonyl (C=O) groups is 2. The number of carboxylic acids is 1. The third-order valence-corrected chi connectivity index (χ3v) is 2.15. The second-order valence-corrected chi connectivity index (χ2v) is 4.09. The molecule has 1 amide bonds. The molecule has 0 aliphatic rings. The van der Waals surface area contributed by atoms with E-state index in [4.69, 9.17) is 10.8 Å². The van der Waals surface area contributed by atoms with Crippen molar-refractivity contribution in [1.29, 1.82) is 0 Å². The molecule has 0 rings (SSSR count). The molecule has 0 aliphatic heterocycles. The molecule has 0 saturated carbocycles. The number of rotatable bonds is 9. The van der Waals surface area contributed by atoms with Gasteiger partial charge in [-0.15, -0.1) is 0 Å². The second kappa shape index (κ2) is 9.15. The summed E-state index contributed by atoms with van der Waals surface area (Å²) in [6.07, 6.45) is 4.05. The number of unbranched alkanes of at least 4 members (excludes halogenated alkanes) is 3. The number of nitrogens with two attached hydrogens (primary N) is 1. The zero-order valence-electron chi connectivity index (χ0n) is 9.87. The third-order valence-electron chi connectivity index (χ3n) is 2.15. The maximum atomic E-state index is 11.2. The van der Waals surface area contributed by atoms with Crippen LogP contribution in [0.25, 0.3) is 0 Å². The van der Waals surface area contributed by atoms with E-state index in [0.717, 1.165) is 19.3 Å². The maximum absolute atomic E-state index is 11.2. The van der Waals surface area contributed by atoms with E-state index in [1.165, 1.54) is 0 Å². The smallest absolute Gasteiger partial charge is 0.303 e. The molecule has 0 saturated heterocycles. The van der Waals surface area contributed by atoms with E-state index < -0.39 is 5.97 Å². The van der Waals surface area contributed by atoms with Crippen molar-refractivity contribution < 1.29 is 14.7 Å². The monoisotopic (exact) mass is 230 g/mol. The van der Waals surface area contributed by atoms with Gasteiger partial charge in [-0.3, -0.25) is 9.59 Å². The van der Waals surface area contributed by atoms with Crippen molar-refractivity contribution in [3.05, 3.63) is 0 Å². The van der Waals surface area contributed by atoms with Crippen molar-refractivity contribution in [2.75, 3.05) is 6.54 Å². The van der Waals surface area contributed by atoms with Crippen molar-refractivity contribution in [1.82, 2.24) is 5.32 Å². The van der Waals surface area contributed by atoms with E-state index in [1.54, 1.807) is 6.92 Å². The summed E-state index contributed by atoms with van der Waals surface area (Å²) in [7, 11) is 0. The summed E-state index contributed by atoms with van der Waals surface area (Å²) in [5, 5.41) is 11.2. The molecule has 94 valence electrons. The van der Waals surface area contributed by atoms with E-state index in [2.05, 4.69) is 5.32 Å². The van der Waals surface area contributed by atoms with Crippen LogP contribution >= 0.6 is 0 Å². The summed E-state index contributed by atoms with van der Waals surface area (Å²) in [6, 6.07) is -0.101. The van der Waals surface area contributed by atoms with Crippen molar-refractivity contribution in [3.63, 3.8) is 0 Å². The normalized spacial score (nSPS) is 12.1. The average molecular weight is 230 g/mol. The molecule has 0 fully saturated rings. The van der Waals surface area contributed by atoms with Crippen LogP contribution in [0.15, 0.2) is 0 Å². The number of hydrogen-bond donors (Lipinski definition) is 3. The highest BCUT2D eigenvalue weighted by Gasteiger charge is 2.03. The largest absolute Gasteiger partial charge is 0.481 e. The molecular weight excluding hydrogens is 208 g/mol. The van der Waals surface area contributed by atoms with Gasteiger partial charge in [-0.1, -0.05) is 12.8 Å². The zero-order valence-corrected chi connectivity index (χ0v) is 9.87. The first-order chi connectivity index (χ1) is 7.52. The lowest BCUT2D eigenvalue weighted by atomic mass is 10.1. The standard InChI is InChI=1S/C11H22N2O3/c1-9(12)8-10(14)13-7-5-3-2-4-6-11(15)16/h9H,2-8,12H2,1H3,(H,13,14)(H,15,16). The minimum Gasteiger partial charge on any atom is -0.481 e. The van der Waals surface area contributed by atoms with Crippen LogP contribution in [0.4, 0.5) is 0 Å². The van der Waals surface area contributed by atoms with E-state index in [1.807, 2.05) is 0 Å². The quantitative estimate of drug-likeness (QED) is 0.512.